The highest BCUT2D eigenvalue weighted by Gasteiger charge is 2.28. The number of hydrogen-bond donors (Lipinski definition) is 1. The maximum atomic E-state index is 11.5. The lowest BCUT2D eigenvalue weighted by atomic mass is 9.85. The lowest BCUT2D eigenvalue weighted by molar-refractivity contribution is -0.146. The van der Waals surface area contributed by atoms with Gasteiger partial charge in [0.15, 0.2) is 0 Å². The van der Waals surface area contributed by atoms with Crippen LogP contribution in [0.25, 0.3) is 0 Å². The fourth-order valence-electron chi connectivity index (χ4n) is 0.949. The largest absolute Gasteiger partial charge is 0.481 e. The van der Waals surface area contributed by atoms with E-state index in [1.807, 2.05) is 0 Å². The highest BCUT2D eigenvalue weighted by Crippen LogP contribution is 2.20. The van der Waals surface area contributed by atoms with E-state index >= 15 is 0 Å². The SMILES string of the molecule is COC[C@H](CC(=O)C(C)(C)C)C(=O)O. The summed E-state index contributed by atoms with van der Waals surface area (Å²) >= 11 is 0. The second kappa shape index (κ2) is 5.10. The van der Waals surface area contributed by atoms with Gasteiger partial charge in [0.25, 0.3) is 0 Å². The van der Waals surface area contributed by atoms with Gasteiger partial charge >= 0.3 is 5.97 Å². The highest BCUT2D eigenvalue weighted by atomic mass is 16.5. The zero-order valence-electron chi connectivity index (χ0n) is 9.16. The average Bonchev–Trinajstić information content (AvgIpc) is 2.01. The molecule has 1 N–H and O–H groups in total. The second-order valence-electron chi connectivity index (χ2n) is 4.37. The molecule has 0 amide bonds. The average molecular weight is 202 g/mol. The Kier molecular flexibility index (Phi) is 4.77. The summed E-state index contributed by atoms with van der Waals surface area (Å²) in [6.45, 7) is 5.42. The first-order valence-electron chi connectivity index (χ1n) is 4.54. The third kappa shape index (κ3) is 4.37. The Bertz CT molecular complexity index is 215. The van der Waals surface area contributed by atoms with Gasteiger partial charge in [0.2, 0.25) is 0 Å². The molecular formula is C10H18O4. The van der Waals surface area contributed by atoms with Crippen molar-refractivity contribution in [2.45, 2.75) is 27.2 Å². The van der Waals surface area contributed by atoms with Gasteiger partial charge in [-0.25, -0.2) is 0 Å². The molecule has 0 spiro atoms. The minimum Gasteiger partial charge on any atom is -0.481 e. The van der Waals surface area contributed by atoms with Gasteiger partial charge < -0.3 is 9.84 Å². The first kappa shape index (κ1) is 13.1. The second-order valence-corrected chi connectivity index (χ2v) is 4.37. The standard InChI is InChI=1S/C10H18O4/c1-10(2,3)8(11)5-7(6-14-4)9(12)13/h7H,5-6H2,1-4H3,(H,12,13)/t7-/m0/s1. The highest BCUT2D eigenvalue weighted by molar-refractivity contribution is 5.87. The number of carboxylic acid groups (broad SMARTS) is 1. The molecule has 0 rings (SSSR count). The van der Waals surface area contributed by atoms with E-state index in [0.717, 1.165) is 0 Å². The fraction of sp³-hybridized carbons (Fsp3) is 0.800. The minimum absolute atomic E-state index is 0.0344. The molecule has 0 aliphatic rings. The van der Waals surface area contributed by atoms with E-state index in [-0.39, 0.29) is 18.8 Å². The van der Waals surface area contributed by atoms with E-state index in [9.17, 15) is 9.59 Å². The number of hydrogen-bond acceptors (Lipinski definition) is 3. The Morgan fingerprint density at radius 3 is 2.14 bits per heavy atom. The van der Waals surface area contributed by atoms with Gasteiger partial charge in [-0.1, -0.05) is 20.8 Å². The first-order valence-corrected chi connectivity index (χ1v) is 4.54. The molecule has 0 aromatic carbocycles. The summed E-state index contributed by atoms with van der Waals surface area (Å²) in [5.74, 6) is -1.77. The lowest BCUT2D eigenvalue weighted by Gasteiger charge is -2.19. The van der Waals surface area contributed by atoms with Crippen LogP contribution < -0.4 is 0 Å². The number of methoxy groups -OCH3 is 1. The third-order valence-electron chi connectivity index (χ3n) is 1.99. The number of ketones is 1. The molecule has 0 saturated carbocycles. The quantitative estimate of drug-likeness (QED) is 0.730. The number of carbonyl (C=O) groups excluding carboxylic acids is 1. The van der Waals surface area contributed by atoms with Crippen molar-refractivity contribution in [2.24, 2.45) is 11.3 Å². The normalized spacial score (nSPS) is 13.7. The summed E-state index contributed by atoms with van der Waals surface area (Å²) in [5, 5.41) is 8.79. The summed E-state index contributed by atoms with van der Waals surface area (Å²) in [6.07, 6.45) is 0.0344. The Morgan fingerprint density at radius 2 is 1.86 bits per heavy atom. The summed E-state index contributed by atoms with van der Waals surface area (Å²) in [7, 11) is 1.43. The molecule has 0 radical (unpaired) electrons. The van der Waals surface area contributed by atoms with Crippen molar-refractivity contribution in [3.8, 4) is 0 Å². The Balaban J connectivity index is 4.31. The van der Waals surface area contributed by atoms with Crippen molar-refractivity contribution < 1.29 is 19.4 Å². The molecule has 0 saturated heterocycles. The van der Waals surface area contributed by atoms with Crippen molar-refractivity contribution in [1.82, 2.24) is 0 Å². The summed E-state index contributed by atoms with van der Waals surface area (Å²) in [5.41, 5.74) is -0.485. The zero-order valence-corrected chi connectivity index (χ0v) is 9.16. The van der Waals surface area contributed by atoms with Crippen molar-refractivity contribution in [1.29, 1.82) is 0 Å². The molecule has 4 nitrogen and oxygen atoms in total. The lowest BCUT2D eigenvalue weighted by Crippen LogP contribution is -2.28. The van der Waals surface area contributed by atoms with E-state index in [4.69, 9.17) is 9.84 Å². The predicted molar refractivity (Wildman–Crippen MR) is 52.1 cm³/mol. The number of aliphatic carboxylic acids is 1. The van der Waals surface area contributed by atoms with Gasteiger partial charge in [0.05, 0.1) is 12.5 Å². The summed E-state index contributed by atoms with van der Waals surface area (Å²) < 4.78 is 4.75. The van der Waals surface area contributed by atoms with E-state index in [2.05, 4.69) is 0 Å². The van der Waals surface area contributed by atoms with Crippen LogP contribution in [-0.2, 0) is 14.3 Å². The minimum atomic E-state index is -0.982. The molecule has 0 bridgehead atoms. The molecule has 0 aromatic heterocycles. The predicted octanol–water partition coefficient (Wildman–Crippen LogP) is 1.34. The Hall–Kier alpha value is -0.900. The topological polar surface area (TPSA) is 63.6 Å². The molecule has 82 valence electrons. The molecular weight excluding hydrogens is 184 g/mol. The smallest absolute Gasteiger partial charge is 0.309 e. The molecule has 0 aromatic rings. The molecule has 0 fully saturated rings. The van der Waals surface area contributed by atoms with Crippen molar-refractivity contribution in [2.75, 3.05) is 13.7 Å². The van der Waals surface area contributed by atoms with Gasteiger partial charge in [-0.05, 0) is 0 Å². The van der Waals surface area contributed by atoms with Gasteiger partial charge in [-0.3, -0.25) is 9.59 Å². The molecule has 1 atom stereocenters. The Morgan fingerprint density at radius 1 is 1.36 bits per heavy atom. The van der Waals surface area contributed by atoms with Crippen LogP contribution in [0.4, 0.5) is 0 Å². The van der Waals surface area contributed by atoms with Crippen molar-refractivity contribution >= 4 is 11.8 Å². The maximum Gasteiger partial charge on any atom is 0.309 e. The first-order chi connectivity index (χ1) is 6.29. The zero-order chi connectivity index (χ0) is 11.4. The maximum absolute atomic E-state index is 11.5. The molecule has 14 heavy (non-hydrogen) atoms. The number of Topliss-reactive ketones (excluding diaryl/α,β-unsaturated/α-hetero) is 1. The molecule has 0 aliphatic heterocycles. The summed E-state index contributed by atoms with van der Waals surface area (Å²) in [4.78, 5) is 22.3. The Labute approximate surface area is 84.3 Å². The fourth-order valence-corrected chi connectivity index (χ4v) is 0.949. The van der Waals surface area contributed by atoms with Gasteiger partial charge in [-0.2, -0.15) is 0 Å². The van der Waals surface area contributed by atoms with E-state index < -0.39 is 17.3 Å². The van der Waals surface area contributed by atoms with Crippen LogP contribution in [0.1, 0.15) is 27.2 Å². The monoisotopic (exact) mass is 202 g/mol. The molecule has 0 heterocycles. The van der Waals surface area contributed by atoms with Crippen LogP contribution in [0.3, 0.4) is 0 Å². The van der Waals surface area contributed by atoms with E-state index in [0.29, 0.717) is 0 Å². The van der Waals surface area contributed by atoms with Gasteiger partial charge in [0.1, 0.15) is 5.78 Å². The summed E-state index contributed by atoms with van der Waals surface area (Å²) in [6, 6.07) is 0. The molecule has 0 unspecified atom stereocenters. The number of ether oxygens (including phenoxy) is 1. The van der Waals surface area contributed by atoms with Crippen molar-refractivity contribution in [3.63, 3.8) is 0 Å². The van der Waals surface area contributed by atoms with E-state index in [1.165, 1.54) is 7.11 Å². The van der Waals surface area contributed by atoms with Crippen LogP contribution in [-0.4, -0.2) is 30.6 Å². The van der Waals surface area contributed by atoms with Crippen LogP contribution in [0.2, 0.25) is 0 Å². The van der Waals surface area contributed by atoms with Crippen LogP contribution in [0, 0.1) is 11.3 Å². The number of carbonyl (C=O) groups is 2. The third-order valence-corrected chi connectivity index (χ3v) is 1.99. The van der Waals surface area contributed by atoms with E-state index in [1.54, 1.807) is 20.8 Å². The van der Waals surface area contributed by atoms with Gasteiger partial charge in [0, 0.05) is 18.9 Å². The van der Waals surface area contributed by atoms with Crippen LogP contribution in [0.15, 0.2) is 0 Å². The molecule has 4 heteroatoms. The number of rotatable bonds is 5. The van der Waals surface area contributed by atoms with Crippen LogP contribution in [0.5, 0.6) is 0 Å². The number of carboxylic acids is 1. The van der Waals surface area contributed by atoms with Gasteiger partial charge in [-0.15, -0.1) is 0 Å². The van der Waals surface area contributed by atoms with Crippen molar-refractivity contribution in [3.05, 3.63) is 0 Å². The van der Waals surface area contributed by atoms with Crippen LogP contribution >= 0.6 is 0 Å². The molecule has 0 aliphatic carbocycles.